The Bertz CT molecular complexity index is 661. The average Bonchev–Trinajstić information content (AvgIpc) is 2.78. The molecule has 0 aliphatic heterocycles. The number of aromatic nitrogens is 1. The van der Waals surface area contributed by atoms with Crippen LogP contribution in [-0.4, -0.2) is 27.7 Å². The minimum absolute atomic E-state index is 0.000264. The van der Waals surface area contributed by atoms with Gasteiger partial charge in [0, 0.05) is 24.5 Å². The molecule has 1 rings (SSSR count). The second-order valence-corrected chi connectivity index (χ2v) is 6.84. The number of nitriles is 1. The highest BCUT2D eigenvalue weighted by atomic mass is 16.3. The van der Waals surface area contributed by atoms with Crippen LogP contribution in [0.5, 0.6) is 0 Å². The van der Waals surface area contributed by atoms with Gasteiger partial charge < -0.3 is 15.0 Å². The van der Waals surface area contributed by atoms with E-state index in [0.29, 0.717) is 0 Å². The highest BCUT2D eigenvalue weighted by molar-refractivity contribution is 6.01. The van der Waals surface area contributed by atoms with Crippen LogP contribution in [0.15, 0.2) is 11.6 Å². The maximum atomic E-state index is 12.3. The first-order valence-electron chi connectivity index (χ1n) is 8.43. The zero-order chi connectivity index (χ0) is 18.5. The lowest BCUT2D eigenvalue weighted by Crippen LogP contribution is -2.44. The number of aryl methyl sites for hydroxylation is 1. The Morgan fingerprint density at radius 3 is 2.62 bits per heavy atom. The van der Waals surface area contributed by atoms with Crippen molar-refractivity contribution in [2.24, 2.45) is 5.92 Å². The molecule has 0 saturated carbocycles. The molecule has 5 heteroatoms. The number of aliphatic hydroxyl groups is 1. The highest BCUT2D eigenvalue weighted by Gasteiger charge is 2.26. The fraction of sp³-hybridized carbons (Fsp3) is 0.579. The summed E-state index contributed by atoms with van der Waals surface area (Å²) in [4.78, 5) is 12.3. The van der Waals surface area contributed by atoms with Gasteiger partial charge in [-0.3, -0.25) is 4.79 Å². The molecule has 1 heterocycles. The predicted octanol–water partition coefficient (Wildman–Crippen LogP) is 2.95. The van der Waals surface area contributed by atoms with Gasteiger partial charge in [-0.25, -0.2) is 0 Å². The van der Waals surface area contributed by atoms with Crippen LogP contribution < -0.4 is 5.32 Å². The number of nitrogens with zero attached hydrogens (tertiary/aromatic N) is 2. The first-order chi connectivity index (χ1) is 11.1. The fourth-order valence-electron chi connectivity index (χ4n) is 2.40. The molecule has 0 aromatic carbocycles. The Morgan fingerprint density at radius 1 is 1.50 bits per heavy atom. The third kappa shape index (κ3) is 4.72. The van der Waals surface area contributed by atoms with E-state index in [4.69, 9.17) is 0 Å². The second kappa shape index (κ2) is 8.16. The molecule has 0 fully saturated rings. The molecule has 0 radical (unpaired) electrons. The smallest absolute Gasteiger partial charge is 0.262 e. The number of amides is 1. The standard InChI is InChI=1S/C19H29N3O2/c1-7-8-22-14(4)9-16(15(22)5)10-17(11-20)18(23)21-12-19(6,24)13(2)3/h9-10,13,24H,7-8,12H2,1-6H3,(H,21,23). The number of nitrogens with one attached hydrogen (secondary N) is 1. The van der Waals surface area contributed by atoms with E-state index in [-0.39, 0.29) is 18.0 Å². The van der Waals surface area contributed by atoms with Crippen LogP contribution in [0.4, 0.5) is 0 Å². The van der Waals surface area contributed by atoms with Gasteiger partial charge in [-0.05, 0) is 50.8 Å². The van der Waals surface area contributed by atoms with E-state index in [2.05, 4.69) is 16.8 Å². The zero-order valence-corrected chi connectivity index (χ0v) is 15.6. The van der Waals surface area contributed by atoms with Gasteiger partial charge in [0.1, 0.15) is 11.6 Å². The minimum atomic E-state index is -1.01. The van der Waals surface area contributed by atoms with Crippen LogP contribution in [0, 0.1) is 31.1 Å². The van der Waals surface area contributed by atoms with Gasteiger partial charge >= 0.3 is 0 Å². The van der Waals surface area contributed by atoms with Gasteiger partial charge in [0.05, 0.1) is 5.60 Å². The van der Waals surface area contributed by atoms with Gasteiger partial charge in [-0.15, -0.1) is 0 Å². The quantitative estimate of drug-likeness (QED) is 0.595. The van der Waals surface area contributed by atoms with Crippen LogP contribution in [-0.2, 0) is 11.3 Å². The Kier molecular flexibility index (Phi) is 6.80. The first kappa shape index (κ1) is 20.0. The van der Waals surface area contributed by atoms with Crippen molar-refractivity contribution in [3.05, 3.63) is 28.6 Å². The second-order valence-electron chi connectivity index (χ2n) is 6.84. The summed E-state index contributed by atoms with van der Waals surface area (Å²) in [5, 5.41) is 22.2. The summed E-state index contributed by atoms with van der Waals surface area (Å²) in [5.41, 5.74) is 2.08. The Labute approximate surface area is 145 Å². The zero-order valence-electron chi connectivity index (χ0n) is 15.6. The van der Waals surface area contributed by atoms with Crippen molar-refractivity contribution in [3.63, 3.8) is 0 Å². The van der Waals surface area contributed by atoms with Crippen molar-refractivity contribution >= 4 is 12.0 Å². The largest absolute Gasteiger partial charge is 0.388 e. The van der Waals surface area contributed by atoms with Crippen molar-refractivity contribution in [1.82, 2.24) is 9.88 Å². The van der Waals surface area contributed by atoms with E-state index in [1.54, 1.807) is 13.0 Å². The predicted molar refractivity (Wildman–Crippen MR) is 96.3 cm³/mol. The van der Waals surface area contributed by atoms with E-state index in [9.17, 15) is 15.2 Å². The molecule has 0 bridgehead atoms. The van der Waals surface area contributed by atoms with Crippen LogP contribution in [0.3, 0.4) is 0 Å². The lowest BCUT2D eigenvalue weighted by atomic mass is 9.92. The molecule has 0 saturated heterocycles. The van der Waals surface area contributed by atoms with Crippen LogP contribution in [0.1, 0.15) is 51.1 Å². The van der Waals surface area contributed by atoms with E-state index in [0.717, 1.165) is 29.9 Å². The van der Waals surface area contributed by atoms with Gasteiger partial charge in [0.25, 0.3) is 5.91 Å². The molecule has 1 aromatic rings. The summed E-state index contributed by atoms with van der Waals surface area (Å²) in [6.07, 6.45) is 2.64. The molecule has 5 nitrogen and oxygen atoms in total. The number of hydrogen-bond acceptors (Lipinski definition) is 3. The summed E-state index contributed by atoms with van der Waals surface area (Å²) in [6.45, 7) is 12.6. The van der Waals surface area contributed by atoms with Gasteiger partial charge in [0.15, 0.2) is 0 Å². The summed E-state index contributed by atoms with van der Waals surface area (Å²) in [5.74, 6) is -0.459. The molecule has 0 aliphatic carbocycles. The molecule has 1 aromatic heterocycles. The molecular weight excluding hydrogens is 302 g/mol. The third-order valence-electron chi connectivity index (χ3n) is 4.58. The monoisotopic (exact) mass is 331 g/mol. The number of rotatable bonds is 7. The van der Waals surface area contributed by atoms with E-state index in [1.165, 1.54) is 0 Å². The van der Waals surface area contributed by atoms with Crippen LogP contribution in [0.25, 0.3) is 6.08 Å². The molecule has 132 valence electrons. The third-order valence-corrected chi connectivity index (χ3v) is 4.58. The molecule has 2 N–H and O–H groups in total. The normalized spacial score (nSPS) is 14.4. The van der Waals surface area contributed by atoms with Crippen molar-refractivity contribution in [1.29, 1.82) is 5.26 Å². The maximum absolute atomic E-state index is 12.3. The molecular formula is C19H29N3O2. The molecule has 1 amide bonds. The lowest BCUT2D eigenvalue weighted by Gasteiger charge is -2.27. The van der Waals surface area contributed by atoms with E-state index in [1.807, 2.05) is 39.8 Å². The van der Waals surface area contributed by atoms with E-state index >= 15 is 0 Å². The van der Waals surface area contributed by atoms with Gasteiger partial charge in [-0.1, -0.05) is 20.8 Å². The number of hydrogen-bond donors (Lipinski definition) is 2. The van der Waals surface area contributed by atoms with E-state index < -0.39 is 11.5 Å². The molecule has 1 unspecified atom stereocenters. The van der Waals surface area contributed by atoms with Crippen molar-refractivity contribution < 1.29 is 9.90 Å². The SMILES string of the molecule is CCCn1c(C)cc(C=C(C#N)C(=O)NCC(C)(O)C(C)C)c1C. The average molecular weight is 331 g/mol. The lowest BCUT2D eigenvalue weighted by molar-refractivity contribution is -0.118. The van der Waals surface area contributed by atoms with Crippen molar-refractivity contribution in [2.75, 3.05) is 6.54 Å². The first-order valence-corrected chi connectivity index (χ1v) is 8.43. The Hall–Kier alpha value is -2.06. The number of carbonyl (C=O) groups is 1. The maximum Gasteiger partial charge on any atom is 0.262 e. The topological polar surface area (TPSA) is 78.0 Å². The summed E-state index contributed by atoms with van der Waals surface area (Å²) in [6, 6.07) is 3.95. The Morgan fingerprint density at radius 2 is 2.12 bits per heavy atom. The Balaban J connectivity index is 2.98. The van der Waals surface area contributed by atoms with Crippen LogP contribution >= 0.6 is 0 Å². The number of carbonyl (C=O) groups excluding carboxylic acids is 1. The van der Waals surface area contributed by atoms with Gasteiger partial charge in [-0.2, -0.15) is 5.26 Å². The molecule has 1 atom stereocenters. The summed E-state index contributed by atoms with van der Waals surface area (Å²) < 4.78 is 2.18. The summed E-state index contributed by atoms with van der Waals surface area (Å²) in [7, 11) is 0. The molecule has 0 spiro atoms. The molecule has 0 aliphatic rings. The fourth-order valence-corrected chi connectivity index (χ4v) is 2.40. The van der Waals surface area contributed by atoms with Crippen LogP contribution in [0.2, 0.25) is 0 Å². The molecule has 24 heavy (non-hydrogen) atoms. The highest BCUT2D eigenvalue weighted by Crippen LogP contribution is 2.19. The van der Waals surface area contributed by atoms with Gasteiger partial charge in [0.2, 0.25) is 0 Å². The van der Waals surface area contributed by atoms with Crippen molar-refractivity contribution in [3.8, 4) is 6.07 Å². The minimum Gasteiger partial charge on any atom is -0.388 e. The van der Waals surface area contributed by atoms with Crippen molar-refractivity contribution in [2.45, 2.75) is 60.1 Å². The summed E-state index contributed by atoms with van der Waals surface area (Å²) >= 11 is 0.